The Bertz CT molecular complexity index is 328. The molecule has 2 N–H and O–H groups in total. The number of anilines is 1. The average molecular weight is 250 g/mol. The van der Waals surface area contributed by atoms with Crippen molar-refractivity contribution in [2.75, 3.05) is 37.7 Å². The van der Waals surface area contributed by atoms with Crippen LogP contribution in [0.1, 0.15) is 25.3 Å². The molecule has 0 saturated heterocycles. The molecule has 0 heterocycles. The Morgan fingerprint density at radius 3 is 2.56 bits per heavy atom. The molecule has 0 aliphatic heterocycles. The van der Waals surface area contributed by atoms with Crippen LogP contribution in [0.3, 0.4) is 0 Å². The number of hydrogen-bond donors (Lipinski definition) is 1. The number of aryl methyl sites for hydroxylation is 1. The maximum Gasteiger partial charge on any atom is 0.0482 e. The van der Waals surface area contributed by atoms with Crippen LogP contribution in [0.25, 0.3) is 0 Å². The monoisotopic (exact) mass is 250 g/mol. The molecule has 1 aromatic rings. The minimum Gasteiger partial charge on any atom is -0.382 e. The van der Waals surface area contributed by atoms with E-state index in [1.165, 1.54) is 11.3 Å². The highest BCUT2D eigenvalue weighted by Gasteiger charge is 2.07. The molecule has 0 aromatic heterocycles. The molecule has 1 aromatic carbocycles. The summed E-state index contributed by atoms with van der Waals surface area (Å²) in [6.45, 7) is 8.63. The molecule has 0 aliphatic carbocycles. The third kappa shape index (κ3) is 5.07. The molecule has 0 fully saturated rings. The summed E-state index contributed by atoms with van der Waals surface area (Å²) >= 11 is 0. The lowest BCUT2D eigenvalue weighted by molar-refractivity contribution is 0.146. The van der Waals surface area contributed by atoms with Crippen LogP contribution in [0.5, 0.6) is 0 Å². The van der Waals surface area contributed by atoms with Crippen LogP contribution in [-0.4, -0.2) is 32.8 Å². The first-order valence-corrected chi connectivity index (χ1v) is 6.88. The maximum atomic E-state index is 5.62. The molecule has 1 rings (SSSR count). The summed E-state index contributed by atoms with van der Waals surface area (Å²) in [5, 5.41) is 0. The van der Waals surface area contributed by atoms with E-state index in [9.17, 15) is 0 Å². The van der Waals surface area contributed by atoms with Gasteiger partial charge in [-0.25, -0.2) is 0 Å². The first-order valence-electron chi connectivity index (χ1n) is 6.88. The predicted octanol–water partition coefficient (Wildman–Crippen LogP) is 2.58. The van der Waals surface area contributed by atoms with Gasteiger partial charge in [-0.3, -0.25) is 0 Å². The van der Waals surface area contributed by atoms with E-state index in [1.807, 2.05) is 6.92 Å². The number of hydrogen-bond acceptors (Lipinski definition) is 3. The molecule has 0 amide bonds. The highest BCUT2D eigenvalue weighted by molar-refractivity contribution is 5.52. The summed E-state index contributed by atoms with van der Waals surface area (Å²) in [6.07, 6.45) is 2.09. The topological polar surface area (TPSA) is 38.5 Å². The van der Waals surface area contributed by atoms with E-state index >= 15 is 0 Å². The Balaban J connectivity index is 2.57. The zero-order chi connectivity index (χ0) is 13.2. The van der Waals surface area contributed by atoms with E-state index in [4.69, 9.17) is 10.5 Å². The van der Waals surface area contributed by atoms with Gasteiger partial charge in [-0.15, -0.1) is 0 Å². The molecular weight excluding hydrogens is 224 g/mol. The van der Waals surface area contributed by atoms with Crippen molar-refractivity contribution >= 4 is 5.69 Å². The number of nitrogens with two attached hydrogens (primary N) is 1. The van der Waals surface area contributed by atoms with E-state index in [0.717, 1.165) is 45.7 Å². The molecule has 3 nitrogen and oxygen atoms in total. The third-order valence-electron chi connectivity index (χ3n) is 3.01. The molecular formula is C15H26N2O. The van der Waals surface area contributed by atoms with Crippen LogP contribution in [-0.2, 0) is 4.74 Å². The van der Waals surface area contributed by atoms with Gasteiger partial charge in [-0.2, -0.15) is 0 Å². The van der Waals surface area contributed by atoms with Crippen LogP contribution in [0.2, 0.25) is 0 Å². The van der Waals surface area contributed by atoms with Gasteiger partial charge in [-0.1, -0.05) is 18.2 Å². The second-order valence-electron chi connectivity index (χ2n) is 4.47. The van der Waals surface area contributed by atoms with Gasteiger partial charge in [-0.05, 0) is 44.9 Å². The van der Waals surface area contributed by atoms with E-state index in [0.29, 0.717) is 0 Å². The van der Waals surface area contributed by atoms with Gasteiger partial charge in [0.25, 0.3) is 0 Å². The van der Waals surface area contributed by atoms with Gasteiger partial charge in [0.1, 0.15) is 0 Å². The van der Waals surface area contributed by atoms with Crippen molar-refractivity contribution in [3.8, 4) is 0 Å². The molecule has 102 valence electrons. The van der Waals surface area contributed by atoms with E-state index in [2.05, 4.69) is 36.1 Å². The van der Waals surface area contributed by atoms with E-state index in [-0.39, 0.29) is 0 Å². The minimum absolute atomic E-state index is 0.744. The summed E-state index contributed by atoms with van der Waals surface area (Å²) in [5.74, 6) is 0. The standard InChI is InChI=1S/C15H26N2O/c1-3-18-13-7-12-17(11-6-10-16)15-9-5-4-8-14(15)2/h4-5,8-9H,3,6-7,10-13,16H2,1-2H3. The highest BCUT2D eigenvalue weighted by atomic mass is 16.5. The van der Waals surface area contributed by atoms with Crippen LogP contribution in [0.15, 0.2) is 24.3 Å². The van der Waals surface area contributed by atoms with Crippen molar-refractivity contribution < 1.29 is 4.74 Å². The number of nitrogens with zero attached hydrogens (tertiary/aromatic N) is 1. The summed E-state index contributed by atoms with van der Waals surface area (Å²) < 4.78 is 5.40. The summed E-state index contributed by atoms with van der Waals surface area (Å²) in [6, 6.07) is 8.53. The fourth-order valence-corrected chi connectivity index (χ4v) is 2.05. The fraction of sp³-hybridized carbons (Fsp3) is 0.600. The van der Waals surface area contributed by atoms with Crippen molar-refractivity contribution in [1.29, 1.82) is 0 Å². The lowest BCUT2D eigenvalue weighted by atomic mass is 10.1. The van der Waals surface area contributed by atoms with Gasteiger partial charge >= 0.3 is 0 Å². The molecule has 0 bridgehead atoms. The van der Waals surface area contributed by atoms with E-state index in [1.54, 1.807) is 0 Å². The zero-order valence-electron chi connectivity index (χ0n) is 11.7. The first kappa shape index (κ1) is 15.0. The molecule has 0 aliphatic rings. The summed E-state index contributed by atoms with van der Waals surface area (Å²) in [5.41, 5.74) is 8.26. The number of rotatable bonds is 9. The normalized spacial score (nSPS) is 10.6. The van der Waals surface area contributed by atoms with Crippen LogP contribution >= 0.6 is 0 Å². The lowest BCUT2D eigenvalue weighted by Gasteiger charge is -2.26. The van der Waals surface area contributed by atoms with Gasteiger partial charge in [0.2, 0.25) is 0 Å². The number of para-hydroxylation sites is 1. The van der Waals surface area contributed by atoms with Crippen molar-refractivity contribution in [2.45, 2.75) is 26.7 Å². The smallest absolute Gasteiger partial charge is 0.0482 e. The lowest BCUT2D eigenvalue weighted by Crippen LogP contribution is -2.28. The molecule has 0 saturated carbocycles. The molecule has 0 atom stereocenters. The molecule has 0 unspecified atom stereocenters. The van der Waals surface area contributed by atoms with Gasteiger partial charge in [0.15, 0.2) is 0 Å². The van der Waals surface area contributed by atoms with Crippen molar-refractivity contribution in [2.24, 2.45) is 5.73 Å². The molecule has 0 spiro atoms. The number of benzene rings is 1. The van der Waals surface area contributed by atoms with Crippen molar-refractivity contribution in [1.82, 2.24) is 0 Å². The maximum absolute atomic E-state index is 5.62. The first-order chi connectivity index (χ1) is 8.79. The summed E-state index contributed by atoms with van der Waals surface area (Å²) in [7, 11) is 0. The van der Waals surface area contributed by atoms with Gasteiger partial charge in [0, 0.05) is 32.0 Å². The Hall–Kier alpha value is -1.06. The Morgan fingerprint density at radius 1 is 1.17 bits per heavy atom. The summed E-state index contributed by atoms with van der Waals surface area (Å²) in [4.78, 5) is 2.42. The second-order valence-corrected chi connectivity index (χ2v) is 4.47. The quantitative estimate of drug-likeness (QED) is 0.685. The van der Waals surface area contributed by atoms with Crippen molar-refractivity contribution in [3.63, 3.8) is 0 Å². The Kier molecular flexibility index (Phi) is 7.46. The fourth-order valence-electron chi connectivity index (χ4n) is 2.05. The van der Waals surface area contributed by atoms with Gasteiger partial charge < -0.3 is 15.4 Å². The third-order valence-corrected chi connectivity index (χ3v) is 3.01. The Morgan fingerprint density at radius 2 is 1.89 bits per heavy atom. The zero-order valence-corrected chi connectivity index (χ0v) is 11.7. The number of ether oxygens (including phenoxy) is 1. The largest absolute Gasteiger partial charge is 0.382 e. The highest BCUT2D eigenvalue weighted by Crippen LogP contribution is 2.19. The second kappa shape index (κ2) is 8.95. The van der Waals surface area contributed by atoms with Crippen LogP contribution < -0.4 is 10.6 Å². The van der Waals surface area contributed by atoms with Crippen molar-refractivity contribution in [3.05, 3.63) is 29.8 Å². The SMILES string of the molecule is CCOCCCN(CCCN)c1ccccc1C. The Labute approximate surface area is 111 Å². The predicted molar refractivity (Wildman–Crippen MR) is 78.2 cm³/mol. The van der Waals surface area contributed by atoms with Crippen LogP contribution in [0, 0.1) is 6.92 Å². The van der Waals surface area contributed by atoms with E-state index < -0.39 is 0 Å². The van der Waals surface area contributed by atoms with Gasteiger partial charge in [0.05, 0.1) is 0 Å². The average Bonchev–Trinajstić information content (AvgIpc) is 2.39. The van der Waals surface area contributed by atoms with Crippen LogP contribution in [0.4, 0.5) is 5.69 Å². The molecule has 3 heteroatoms. The molecule has 0 radical (unpaired) electrons. The molecule has 18 heavy (non-hydrogen) atoms. The minimum atomic E-state index is 0.744.